The van der Waals surface area contributed by atoms with Gasteiger partial charge in [-0.1, -0.05) is 26.0 Å². The van der Waals surface area contributed by atoms with Crippen molar-refractivity contribution in [1.29, 1.82) is 0 Å². The molecule has 31 heavy (non-hydrogen) atoms. The number of anilines is 2. The van der Waals surface area contributed by atoms with Gasteiger partial charge in [-0.15, -0.1) is 0 Å². The molecule has 1 aliphatic rings. The highest BCUT2D eigenvalue weighted by molar-refractivity contribution is 6.00. The summed E-state index contributed by atoms with van der Waals surface area (Å²) >= 11 is 0. The lowest BCUT2D eigenvalue weighted by atomic mass is 9.92. The van der Waals surface area contributed by atoms with Crippen molar-refractivity contribution in [3.8, 4) is 11.5 Å². The molecule has 6 nitrogen and oxygen atoms in total. The Kier molecular flexibility index (Phi) is 6.88. The zero-order chi connectivity index (χ0) is 22.6. The van der Waals surface area contributed by atoms with Crippen LogP contribution in [0.2, 0.25) is 0 Å². The molecule has 6 heteroatoms. The smallest absolute Gasteiger partial charge is 0.262 e. The molecule has 0 atom stereocenters. The molecule has 0 unspecified atom stereocenters. The van der Waals surface area contributed by atoms with Crippen molar-refractivity contribution in [2.45, 2.75) is 41.0 Å². The maximum Gasteiger partial charge on any atom is 0.262 e. The van der Waals surface area contributed by atoms with E-state index >= 15 is 0 Å². The fraction of sp³-hybridized carbons (Fsp3) is 0.440. The van der Waals surface area contributed by atoms with Gasteiger partial charge >= 0.3 is 0 Å². The minimum Gasteiger partial charge on any atom is -0.490 e. The van der Waals surface area contributed by atoms with Crippen molar-refractivity contribution in [3.05, 3.63) is 48.0 Å². The molecule has 1 N–H and O–H groups in total. The summed E-state index contributed by atoms with van der Waals surface area (Å²) < 4.78 is 11.5. The molecule has 0 radical (unpaired) electrons. The predicted molar refractivity (Wildman–Crippen MR) is 123 cm³/mol. The van der Waals surface area contributed by atoms with E-state index in [2.05, 4.69) is 19.2 Å². The summed E-state index contributed by atoms with van der Waals surface area (Å²) in [4.78, 5) is 27.4. The molecule has 2 amide bonds. The van der Waals surface area contributed by atoms with Crippen LogP contribution in [0.25, 0.3) is 0 Å². The highest BCUT2D eigenvalue weighted by atomic mass is 16.5. The molecular formula is C25H32N2O4. The predicted octanol–water partition coefficient (Wildman–Crippen LogP) is 4.81. The molecule has 2 aromatic rings. The lowest BCUT2D eigenvalue weighted by Gasteiger charge is -2.28. The van der Waals surface area contributed by atoms with Gasteiger partial charge in [0.25, 0.3) is 5.91 Å². The summed E-state index contributed by atoms with van der Waals surface area (Å²) in [5, 5.41) is 2.86. The largest absolute Gasteiger partial charge is 0.490 e. The van der Waals surface area contributed by atoms with Crippen LogP contribution in [0.1, 0.15) is 39.7 Å². The van der Waals surface area contributed by atoms with Crippen molar-refractivity contribution >= 4 is 23.2 Å². The van der Waals surface area contributed by atoms with E-state index in [1.165, 1.54) is 0 Å². The number of carbonyl (C=O) groups is 2. The Hall–Kier alpha value is -3.02. The maximum atomic E-state index is 13.2. The number of benzene rings is 2. The second kappa shape index (κ2) is 9.41. The monoisotopic (exact) mass is 424 g/mol. The lowest BCUT2D eigenvalue weighted by Crippen LogP contribution is -2.42. The summed E-state index contributed by atoms with van der Waals surface area (Å²) in [5.41, 5.74) is 1.73. The second-order valence-corrected chi connectivity index (χ2v) is 9.15. The Morgan fingerprint density at radius 1 is 1.23 bits per heavy atom. The fourth-order valence-corrected chi connectivity index (χ4v) is 3.38. The SMILES string of the molecule is Cc1cccc(OCC(=O)Nc2ccc3c(c2)N(CCC(C)C)C(=O)C(C)(C)CO3)c1. The van der Waals surface area contributed by atoms with E-state index in [4.69, 9.17) is 9.47 Å². The number of hydrogen-bond donors (Lipinski definition) is 1. The molecule has 2 aromatic carbocycles. The van der Waals surface area contributed by atoms with Gasteiger partial charge in [0.15, 0.2) is 6.61 Å². The first-order valence-corrected chi connectivity index (χ1v) is 10.7. The van der Waals surface area contributed by atoms with E-state index in [0.29, 0.717) is 41.9 Å². The van der Waals surface area contributed by atoms with Gasteiger partial charge in [-0.25, -0.2) is 0 Å². The third kappa shape index (κ3) is 5.78. The highest BCUT2D eigenvalue weighted by Gasteiger charge is 2.37. The molecule has 0 saturated heterocycles. The number of nitrogens with zero attached hydrogens (tertiary/aromatic N) is 1. The molecular weight excluding hydrogens is 392 g/mol. The van der Waals surface area contributed by atoms with E-state index < -0.39 is 5.41 Å². The molecule has 166 valence electrons. The molecule has 3 rings (SSSR count). The van der Waals surface area contributed by atoms with Gasteiger partial charge in [-0.05, 0) is 69.0 Å². The zero-order valence-electron chi connectivity index (χ0n) is 19.0. The normalized spacial score (nSPS) is 15.2. The van der Waals surface area contributed by atoms with Crippen LogP contribution in [0.15, 0.2) is 42.5 Å². The number of hydrogen-bond acceptors (Lipinski definition) is 4. The molecule has 0 spiro atoms. The van der Waals surface area contributed by atoms with Gasteiger partial charge in [-0.2, -0.15) is 0 Å². The number of ether oxygens (including phenoxy) is 2. The number of rotatable bonds is 7. The lowest BCUT2D eigenvalue weighted by molar-refractivity contribution is -0.127. The first kappa shape index (κ1) is 22.7. The van der Waals surface area contributed by atoms with Crippen molar-refractivity contribution < 1.29 is 19.1 Å². The van der Waals surface area contributed by atoms with Crippen LogP contribution in [0.3, 0.4) is 0 Å². The van der Waals surface area contributed by atoms with E-state index in [0.717, 1.165) is 12.0 Å². The van der Waals surface area contributed by atoms with E-state index in [1.807, 2.05) is 51.1 Å². The third-order valence-electron chi connectivity index (χ3n) is 5.24. The summed E-state index contributed by atoms with van der Waals surface area (Å²) in [5.74, 6) is 1.52. The summed E-state index contributed by atoms with van der Waals surface area (Å²) in [6.07, 6.45) is 0.877. The maximum absolute atomic E-state index is 13.2. The van der Waals surface area contributed by atoms with Gasteiger partial charge in [-0.3, -0.25) is 9.59 Å². The number of carbonyl (C=O) groups excluding carboxylic acids is 2. The third-order valence-corrected chi connectivity index (χ3v) is 5.24. The highest BCUT2D eigenvalue weighted by Crippen LogP contribution is 2.38. The van der Waals surface area contributed by atoms with Crippen LogP contribution in [0, 0.1) is 18.3 Å². The first-order chi connectivity index (χ1) is 14.7. The Labute approximate surface area is 184 Å². The Morgan fingerprint density at radius 3 is 2.71 bits per heavy atom. The van der Waals surface area contributed by atoms with Gasteiger partial charge in [0.1, 0.15) is 18.1 Å². The van der Waals surface area contributed by atoms with Crippen molar-refractivity contribution in [2.24, 2.45) is 11.3 Å². The van der Waals surface area contributed by atoms with Gasteiger partial charge in [0.2, 0.25) is 5.91 Å². The molecule has 0 bridgehead atoms. The van der Waals surface area contributed by atoms with Gasteiger partial charge in [0, 0.05) is 12.2 Å². The average molecular weight is 425 g/mol. The van der Waals surface area contributed by atoms with Crippen LogP contribution in [-0.4, -0.2) is 31.6 Å². The average Bonchev–Trinajstić information content (AvgIpc) is 2.80. The summed E-state index contributed by atoms with van der Waals surface area (Å²) in [7, 11) is 0. The number of fused-ring (bicyclic) bond motifs is 1. The Bertz CT molecular complexity index is 952. The minimum absolute atomic E-state index is 0.0261. The quantitative estimate of drug-likeness (QED) is 0.693. The Balaban J connectivity index is 1.76. The number of amides is 2. The minimum atomic E-state index is -0.624. The van der Waals surface area contributed by atoms with Crippen LogP contribution in [0.5, 0.6) is 11.5 Å². The zero-order valence-corrected chi connectivity index (χ0v) is 19.0. The van der Waals surface area contributed by atoms with Crippen LogP contribution >= 0.6 is 0 Å². The van der Waals surface area contributed by atoms with E-state index in [1.54, 1.807) is 17.0 Å². The second-order valence-electron chi connectivity index (χ2n) is 9.15. The van der Waals surface area contributed by atoms with Gasteiger partial charge < -0.3 is 19.7 Å². The van der Waals surface area contributed by atoms with Crippen LogP contribution in [-0.2, 0) is 9.59 Å². The van der Waals surface area contributed by atoms with Crippen molar-refractivity contribution in [3.63, 3.8) is 0 Å². The topological polar surface area (TPSA) is 67.9 Å². The first-order valence-electron chi connectivity index (χ1n) is 10.7. The number of nitrogens with one attached hydrogen (secondary N) is 1. The number of aryl methyl sites for hydroxylation is 1. The van der Waals surface area contributed by atoms with Crippen molar-refractivity contribution in [1.82, 2.24) is 0 Å². The molecule has 0 saturated carbocycles. The van der Waals surface area contributed by atoms with Crippen molar-refractivity contribution in [2.75, 3.05) is 30.0 Å². The fourth-order valence-electron chi connectivity index (χ4n) is 3.38. The molecule has 0 fully saturated rings. The standard InChI is InChI=1S/C25H32N2O4/c1-17(2)11-12-27-21-14-19(9-10-22(21)31-16-25(4,5)24(27)29)26-23(28)15-30-20-8-6-7-18(3)13-20/h6-10,13-14,17H,11-12,15-16H2,1-5H3,(H,26,28). The van der Waals surface area contributed by atoms with E-state index in [-0.39, 0.29) is 18.4 Å². The summed E-state index contributed by atoms with van der Waals surface area (Å²) in [6.45, 7) is 10.9. The Morgan fingerprint density at radius 2 is 2.00 bits per heavy atom. The van der Waals surface area contributed by atoms with Crippen LogP contribution < -0.4 is 19.7 Å². The molecule has 1 aliphatic heterocycles. The van der Waals surface area contributed by atoms with E-state index in [9.17, 15) is 9.59 Å². The molecule has 1 heterocycles. The molecule has 0 aliphatic carbocycles. The van der Waals surface area contributed by atoms with Gasteiger partial charge in [0.05, 0.1) is 11.1 Å². The molecule has 0 aromatic heterocycles. The van der Waals surface area contributed by atoms with Crippen LogP contribution in [0.4, 0.5) is 11.4 Å². The summed E-state index contributed by atoms with van der Waals surface area (Å²) in [6, 6.07) is 13.0.